The van der Waals surface area contributed by atoms with Gasteiger partial charge in [0.15, 0.2) is 0 Å². The number of rotatable bonds is 4. The number of carbonyl (C=O) groups excluding carboxylic acids is 1. The Morgan fingerprint density at radius 3 is 2.38 bits per heavy atom. The highest BCUT2D eigenvalue weighted by molar-refractivity contribution is 5.86. The fourth-order valence-corrected chi connectivity index (χ4v) is 4.28. The van der Waals surface area contributed by atoms with Gasteiger partial charge in [0, 0.05) is 12.0 Å². The average Bonchev–Trinajstić information content (AvgIpc) is 3.01. The highest BCUT2D eigenvalue weighted by Gasteiger charge is 2.47. The van der Waals surface area contributed by atoms with E-state index in [1.165, 1.54) is 37.7 Å². The predicted octanol–water partition coefficient (Wildman–Crippen LogP) is 3.10. The lowest BCUT2D eigenvalue weighted by atomic mass is 9.68. The second-order valence-electron chi connectivity index (χ2n) is 6.67. The standard InChI is InChI=1S/C18H26N2O/c19-17(21)18(20-15-10-4-5-11-15)13-7-6-12-16(18)14-8-2-1-3-9-14/h1-3,8-9,15-16,20H,4-7,10-13H2,(H2,19,21). The molecule has 1 amide bonds. The molecule has 2 atom stereocenters. The van der Waals surface area contributed by atoms with Gasteiger partial charge in [0.05, 0.1) is 0 Å². The molecular weight excluding hydrogens is 260 g/mol. The zero-order chi connectivity index (χ0) is 14.7. The second kappa shape index (κ2) is 6.18. The van der Waals surface area contributed by atoms with E-state index in [9.17, 15) is 4.79 Å². The minimum atomic E-state index is -0.547. The normalized spacial score (nSPS) is 30.4. The Bertz CT molecular complexity index is 481. The molecule has 0 heterocycles. The van der Waals surface area contributed by atoms with Crippen molar-refractivity contribution < 1.29 is 4.79 Å². The van der Waals surface area contributed by atoms with Crippen LogP contribution in [0.15, 0.2) is 30.3 Å². The number of primary amides is 1. The van der Waals surface area contributed by atoms with Crippen molar-refractivity contribution in [3.05, 3.63) is 35.9 Å². The Morgan fingerprint density at radius 1 is 1.05 bits per heavy atom. The first-order valence-electron chi connectivity index (χ1n) is 8.35. The van der Waals surface area contributed by atoms with Crippen molar-refractivity contribution in [1.82, 2.24) is 5.32 Å². The van der Waals surface area contributed by atoms with Gasteiger partial charge in [-0.15, -0.1) is 0 Å². The van der Waals surface area contributed by atoms with Crippen LogP contribution < -0.4 is 11.1 Å². The van der Waals surface area contributed by atoms with Crippen LogP contribution in [0.2, 0.25) is 0 Å². The summed E-state index contributed by atoms with van der Waals surface area (Å²) in [5.41, 5.74) is 6.61. The Hall–Kier alpha value is -1.35. The summed E-state index contributed by atoms with van der Waals surface area (Å²) < 4.78 is 0. The van der Waals surface area contributed by atoms with Crippen LogP contribution in [0, 0.1) is 0 Å². The molecule has 21 heavy (non-hydrogen) atoms. The molecule has 0 radical (unpaired) electrons. The van der Waals surface area contributed by atoms with Crippen molar-refractivity contribution in [2.45, 2.75) is 68.9 Å². The van der Waals surface area contributed by atoms with Gasteiger partial charge >= 0.3 is 0 Å². The molecule has 2 saturated carbocycles. The van der Waals surface area contributed by atoms with Crippen molar-refractivity contribution in [2.75, 3.05) is 0 Å². The first kappa shape index (κ1) is 14.6. The molecule has 3 heteroatoms. The average molecular weight is 286 g/mol. The van der Waals surface area contributed by atoms with E-state index < -0.39 is 5.54 Å². The van der Waals surface area contributed by atoms with Gasteiger partial charge in [-0.2, -0.15) is 0 Å². The third kappa shape index (κ3) is 2.84. The maximum Gasteiger partial charge on any atom is 0.238 e. The van der Waals surface area contributed by atoms with Crippen LogP contribution >= 0.6 is 0 Å². The van der Waals surface area contributed by atoms with Crippen LogP contribution in [-0.4, -0.2) is 17.5 Å². The zero-order valence-corrected chi connectivity index (χ0v) is 12.7. The van der Waals surface area contributed by atoms with Crippen molar-refractivity contribution in [2.24, 2.45) is 5.73 Å². The van der Waals surface area contributed by atoms with Crippen molar-refractivity contribution in [1.29, 1.82) is 0 Å². The molecule has 0 spiro atoms. The number of hydrogen-bond acceptors (Lipinski definition) is 2. The molecule has 2 fully saturated rings. The van der Waals surface area contributed by atoms with Crippen molar-refractivity contribution >= 4 is 5.91 Å². The monoisotopic (exact) mass is 286 g/mol. The molecule has 2 aliphatic carbocycles. The summed E-state index contributed by atoms with van der Waals surface area (Å²) in [4.78, 5) is 12.4. The van der Waals surface area contributed by atoms with Crippen LogP contribution in [0.4, 0.5) is 0 Å². The largest absolute Gasteiger partial charge is 0.368 e. The lowest BCUT2D eigenvalue weighted by molar-refractivity contribution is -0.127. The smallest absolute Gasteiger partial charge is 0.238 e. The molecule has 0 bridgehead atoms. The summed E-state index contributed by atoms with van der Waals surface area (Å²) >= 11 is 0. The molecule has 114 valence electrons. The molecule has 2 unspecified atom stereocenters. The van der Waals surface area contributed by atoms with Gasteiger partial charge in [0.1, 0.15) is 5.54 Å². The van der Waals surface area contributed by atoms with E-state index in [1.807, 2.05) is 6.07 Å². The van der Waals surface area contributed by atoms with E-state index in [0.29, 0.717) is 6.04 Å². The number of carbonyl (C=O) groups is 1. The summed E-state index contributed by atoms with van der Waals surface area (Å²) in [6.07, 6.45) is 9.08. The number of nitrogens with one attached hydrogen (secondary N) is 1. The maximum absolute atomic E-state index is 12.4. The van der Waals surface area contributed by atoms with Crippen LogP contribution in [-0.2, 0) is 4.79 Å². The van der Waals surface area contributed by atoms with E-state index in [1.54, 1.807) is 0 Å². The molecule has 0 aromatic heterocycles. The van der Waals surface area contributed by atoms with Gasteiger partial charge < -0.3 is 11.1 Å². The molecule has 3 nitrogen and oxygen atoms in total. The lowest BCUT2D eigenvalue weighted by Gasteiger charge is -2.44. The molecule has 3 rings (SSSR count). The van der Waals surface area contributed by atoms with E-state index in [0.717, 1.165) is 19.3 Å². The Balaban J connectivity index is 1.92. The van der Waals surface area contributed by atoms with E-state index in [2.05, 4.69) is 29.6 Å². The highest BCUT2D eigenvalue weighted by atomic mass is 16.1. The van der Waals surface area contributed by atoms with Crippen LogP contribution in [0.25, 0.3) is 0 Å². The van der Waals surface area contributed by atoms with Crippen molar-refractivity contribution in [3.63, 3.8) is 0 Å². The minimum Gasteiger partial charge on any atom is -0.368 e. The summed E-state index contributed by atoms with van der Waals surface area (Å²) in [6.45, 7) is 0. The van der Waals surface area contributed by atoms with E-state index in [-0.39, 0.29) is 11.8 Å². The SMILES string of the molecule is NC(=O)C1(NC2CCCC2)CCCCC1c1ccccc1. The van der Waals surface area contributed by atoms with E-state index >= 15 is 0 Å². The molecule has 1 aromatic carbocycles. The number of hydrogen-bond donors (Lipinski definition) is 2. The Labute approximate surface area is 127 Å². The Kier molecular flexibility index (Phi) is 4.29. The maximum atomic E-state index is 12.4. The van der Waals surface area contributed by atoms with Crippen molar-refractivity contribution in [3.8, 4) is 0 Å². The van der Waals surface area contributed by atoms with Gasteiger partial charge in [-0.3, -0.25) is 4.79 Å². The third-order valence-corrected chi connectivity index (χ3v) is 5.37. The topological polar surface area (TPSA) is 55.1 Å². The van der Waals surface area contributed by atoms with E-state index in [4.69, 9.17) is 5.73 Å². The number of amides is 1. The lowest BCUT2D eigenvalue weighted by Crippen LogP contribution is -2.62. The van der Waals surface area contributed by atoms with Gasteiger partial charge in [0.25, 0.3) is 0 Å². The first-order chi connectivity index (χ1) is 10.2. The summed E-state index contributed by atoms with van der Waals surface area (Å²) in [5.74, 6) is 0.0495. The van der Waals surface area contributed by atoms with Gasteiger partial charge in [-0.25, -0.2) is 0 Å². The molecule has 2 aliphatic rings. The predicted molar refractivity (Wildman–Crippen MR) is 85.0 cm³/mol. The van der Waals surface area contributed by atoms with Crippen LogP contribution in [0.1, 0.15) is 62.8 Å². The fourth-order valence-electron chi connectivity index (χ4n) is 4.28. The summed E-state index contributed by atoms with van der Waals surface area (Å²) in [5, 5.41) is 3.70. The number of nitrogens with two attached hydrogens (primary N) is 1. The zero-order valence-electron chi connectivity index (χ0n) is 12.7. The fraction of sp³-hybridized carbons (Fsp3) is 0.611. The highest BCUT2D eigenvalue weighted by Crippen LogP contribution is 2.42. The van der Waals surface area contributed by atoms with Crippen LogP contribution in [0.5, 0.6) is 0 Å². The number of benzene rings is 1. The quantitative estimate of drug-likeness (QED) is 0.893. The second-order valence-corrected chi connectivity index (χ2v) is 6.67. The summed E-state index contributed by atoms with van der Waals surface area (Å²) in [7, 11) is 0. The first-order valence-corrected chi connectivity index (χ1v) is 8.35. The molecule has 0 aliphatic heterocycles. The molecular formula is C18H26N2O. The Morgan fingerprint density at radius 2 is 1.71 bits per heavy atom. The van der Waals surface area contributed by atoms with Gasteiger partial charge in [0.2, 0.25) is 5.91 Å². The molecule has 0 saturated heterocycles. The van der Waals surface area contributed by atoms with Gasteiger partial charge in [-0.1, -0.05) is 56.0 Å². The third-order valence-electron chi connectivity index (χ3n) is 5.37. The molecule has 3 N–H and O–H groups in total. The molecule has 1 aromatic rings. The minimum absolute atomic E-state index is 0.164. The van der Waals surface area contributed by atoms with Crippen LogP contribution in [0.3, 0.4) is 0 Å². The van der Waals surface area contributed by atoms with Gasteiger partial charge in [-0.05, 0) is 31.2 Å². The summed E-state index contributed by atoms with van der Waals surface area (Å²) in [6, 6.07) is 10.9.